The van der Waals surface area contributed by atoms with Crippen LogP contribution in [0.25, 0.3) is 0 Å². The van der Waals surface area contributed by atoms with Gasteiger partial charge in [0.2, 0.25) is 0 Å². The van der Waals surface area contributed by atoms with Crippen LogP contribution in [-0.2, 0) is 9.59 Å². The van der Waals surface area contributed by atoms with E-state index in [9.17, 15) is 9.59 Å². The molecule has 0 radical (unpaired) electrons. The molecule has 6 heteroatoms. The van der Waals surface area contributed by atoms with Crippen molar-refractivity contribution in [3.8, 4) is 0 Å². The predicted octanol–water partition coefficient (Wildman–Crippen LogP) is -3.17. The van der Waals surface area contributed by atoms with E-state index >= 15 is 0 Å². The average molecular weight is 178 g/mol. The smallest absolute Gasteiger partial charge is 0.151 e. The first kappa shape index (κ1) is 11.2. The lowest BCUT2D eigenvalue weighted by Crippen LogP contribution is -2.45. The molecule has 0 bridgehead atoms. The molecule has 0 amide bonds. The van der Waals surface area contributed by atoms with Crippen LogP contribution in [-0.4, -0.2) is 57.4 Å². The largest absolute Gasteiger partial charge is 0.387 e. The molecule has 0 spiro atoms. The van der Waals surface area contributed by atoms with Crippen LogP contribution >= 0.6 is 0 Å². The molecule has 4 atom stereocenters. The average Bonchev–Trinajstić information content (AvgIpc) is 2.12. The van der Waals surface area contributed by atoms with Crippen molar-refractivity contribution in [2.24, 2.45) is 0 Å². The highest BCUT2D eigenvalue weighted by Crippen LogP contribution is 2.01. The Morgan fingerprint density at radius 3 is 1.17 bits per heavy atom. The summed E-state index contributed by atoms with van der Waals surface area (Å²) in [7, 11) is 0. The van der Waals surface area contributed by atoms with Crippen molar-refractivity contribution in [3.63, 3.8) is 0 Å². The van der Waals surface area contributed by atoms with Crippen LogP contribution in [0.5, 0.6) is 0 Å². The predicted molar refractivity (Wildman–Crippen MR) is 36.2 cm³/mol. The highest BCUT2D eigenvalue weighted by molar-refractivity contribution is 5.59. The molecule has 0 aromatic rings. The zero-order chi connectivity index (χ0) is 9.72. The number of aliphatic hydroxyl groups is 4. The number of hydrogen-bond donors (Lipinski definition) is 4. The SMILES string of the molecule is O=C[C@@H](O)[C@H](O)[C@@H](O)[C@H](O)C=O. The maximum atomic E-state index is 9.87. The van der Waals surface area contributed by atoms with E-state index in [4.69, 9.17) is 20.4 Å². The van der Waals surface area contributed by atoms with Gasteiger partial charge in [-0.2, -0.15) is 0 Å². The normalized spacial score (nSPS) is 20.7. The highest BCUT2D eigenvalue weighted by Gasteiger charge is 2.29. The minimum atomic E-state index is -1.86. The van der Waals surface area contributed by atoms with Crippen molar-refractivity contribution in [1.29, 1.82) is 0 Å². The van der Waals surface area contributed by atoms with E-state index in [1.807, 2.05) is 0 Å². The van der Waals surface area contributed by atoms with Crippen molar-refractivity contribution in [2.45, 2.75) is 24.4 Å². The first-order valence-corrected chi connectivity index (χ1v) is 3.17. The van der Waals surface area contributed by atoms with Gasteiger partial charge < -0.3 is 30.0 Å². The summed E-state index contributed by atoms with van der Waals surface area (Å²) in [6.07, 6.45) is -7.36. The zero-order valence-corrected chi connectivity index (χ0v) is 6.07. The van der Waals surface area contributed by atoms with Crippen molar-refractivity contribution in [2.75, 3.05) is 0 Å². The zero-order valence-electron chi connectivity index (χ0n) is 6.07. The summed E-state index contributed by atoms with van der Waals surface area (Å²) in [6, 6.07) is 0. The molecule has 0 saturated carbocycles. The van der Waals surface area contributed by atoms with E-state index < -0.39 is 24.4 Å². The summed E-state index contributed by atoms with van der Waals surface area (Å²) in [4.78, 5) is 19.7. The standard InChI is InChI=1S/C6H10O6/c7-1-3(9)5(11)6(12)4(10)2-8/h1-6,9-12H/t3-,4-,5+,6+/m1/s1. The second-order valence-electron chi connectivity index (χ2n) is 2.23. The van der Waals surface area contributed by atoms with E-state index in [0.29, 0.717) is 0 Å². The Labute approximate surface area is 68.1 Å². The lowest BCUT2D eigenvalue weighted by atomic mass is 10.1. The lowest BCUT2D eigenvalue weighted by molar-refractivity contribution is -0.140. The van der Waals surface area contributed by atoms with E-state index in [2.05, 4.69) is 0 Å². The molecule has 0 fully saturated rings. The van der Waals surface area contributed by atoms with Crippen LogP contribution in [0.3, 0.4) is 0 Å². The number of aldehydes is 2. The maximum absolute atomic E-state index is 9.87. The molecule has 70 valence electrons. The van der Waals surface area contributed by atoms with Gasteiger partial charge in [0.25, 0.3) is 0 Å². The van der Waals surface area contributed by atoms with Crippen LogP contribution in [0.4, 0.5) is 0 Å². The summed E-state index contributed by atoms with van der Waals surface area (Å²) in [6.45, 7) is 0. The van der Waals surface area contributed by atoms with Gasteiger partial charge in [-0.1, -0.05) is 0 Å². The van der Waals surface area contributed by atoms with Crippen LogP contribution in [0, 0.1) is 0 Å². The molecule has 4 N–H and O–H groups in total. The number of carbonyl (C=O) groups is 2. The summed E-state index contributed by atoms with van der Waals surface area (Å²) in [5.74, 6) is 0. The fourth-order valence-electron chi connectivity index (χ4n) is 0.565. The van der Waals surface area contributed by atoms with Crippen LogP contribution in [0.2, 0.25) is 0 Å². The van der Waals surface area contributed by atoms with Gasteiger partial charge in [0.15, 0.2) is 12.6 Å². The molecule has 0 unspecified atom stereocenters. The van der Waals surface area contributed by atoms with Crippen molar-refractivity contribution < 1.29 is 30.0 Å². The van der Waals surface area contributed by atoms with Crippen molar-refractivity contribution >= 4 is 12.6 Å². The molecule has 12 heavy (non-hydrogen) atoms. The summed E-state index contributed by atoms with van der Waals surface area (Å²) in [5.41, 5.74) is 0. The minimum Gasteiger partial charge on any atom is -0.387 e. The lowest BCUT2D eigenvalue weighted by Gasteiger charge is -2.20. The third kappa shape index (κ3) is 2.67. The quantitative estimate of drug-likeness (QED) is 0.330. The van der Waals surface area contributed by atoms with Gasteiger partial charge in [0, 0.05) is 0 Å². The topological polar surface area (TPSA) is 115 Å². The number of aliphatic hydroxyl groups excluding tert-OH is 4. The van der Waals surface area contributed by atoms with E-state index in [0.717, 1.165) is 0 Å². The molecule has 0 aromatic carbocycles. The van der Waals surface area contributed by atoms with Crippen molar-refractivity contribution in [3.05, 3.63) is 0 Å². The minimum absolute atomic E-state index is 0.00852. The third-order valence-corrected chi connectivity index (χ3v) is 1.33. The van der Waals surface area contributed by atoms with Crippen molar-refractivity contribution in [1.82, 2.24) is 0 Å². The second-order valence-corrected chi connectivity index (χ2v) is 2.23. The van der Waals surface area contributed by atoms with Crippen LogP contribution in [0.15, 0.2) is 0 Å². The van der Waals surface area contributed by atoms with Gasteiger partial charge in [-0.05, 0) is 0 Å². The first-order chi connectivity index (χ1) is 5.54. The number of carbonyl (C=O) groups excluding carboxylic acids is 2. The number of hydrogen-bond acceptors (Lipinski definition) is 6. The Balaban J connectivity index is 4.16. The van der Waals surface area contributed by atoms with Gasteiger partial charge in [0.05, 0.1) is 0 Å². The van der Waals surface area contributed by atoms with Gasteiger partial charge >= 0.3 is 0 Å². The highest BCUT2D eigenvalue weighted by atomic mass is 16.4. The second kappa shape index (κ2) is 4.94. The fraction of sp³-hybridized carbons (Fsp3) is 0.667. The Morgan fingerprint density at radius 1 is 0.750 bits per heavy atom. The van der Waals surface area contributed by atoms with E-state index in [-0.39, 0.29) is 12.6 Å². The Kier molecular flexibility index (Phi) is 4.60. The summed E-state index contributed by atoms with van der Waals surface area (Å²) in [5, 5.41) is 34.9. The Morgan fingerprint density at radius 2 is 1.00 bits per heavy atom. The first-order valence-electron chi connectivity index (χ1n) is 3.17. The maximum Gasteiger partial charge on any atom is 0.151 e. The molecular weight excluding hydrogens is 168 g/mol. The molecule has 6 nitrogen and oxygen atoms in total. The molecule has 0 aliphatic carbocycles. The van der Waals surface area contributed by atoms with E-state index in [1.54, 1.807) is 0 Å². The summed E-state index contributed by atoms with van der Waals surface area (Å²) >= 11 is 0. The molecule has 0 heterocycles. The van der Waals surface area contributed by atoms with Crippen LogP contribution < -0.4 is 0 Å². The summed E-state index contributed by atoms with van der Waals surface area (Å²) < 4.78 is 0. The van der Waals surface area contributed by atoms with Gasteiger partial charge in [-0.3, -0.25) is 0 Å². The molecule has 0 rings (SSSR count). The molecule has 0 aliphatic rings. The number of rotatable bonds is 5. The van der Waals surface area contributed by atoms with Gasteiger partial charge in [0.1, 0.15) is 24.4 Å². The van der Waals surface area contributed by atoms with Crippen LogP contribution in [0.1, 0.15) is 0 Å². The molecular formula is C6H10O6. The molecule has 0 aliphatic heterocycles. The third-order valence-electron chi connectivity index (χ3n) is 1.33. The fourth-order valence-corrected chi connectivity index (χ4v) is 0.565. The Bertz CT molecular complexity index is 140. The molecule has 0 saturated heterocycles. The Hall–Kier alpha value is -0.820. The van der Waals surface area contributed by atoms with E-state index in [1.165, 1.54) is 0 Å². The van der Waals surface area contributed by atoms with Gasteiger partial charge in [-0.25, -0.2) is 0 Å². The molecule has 0 aromatic heterocycles. The monoisotopic (exact) mass is 178 g/mol. The van der Waals surface area contributed by atoms with Gasteiger partial charge in [-0.15, -0.1) is 0 Å².